The van der Waals surface area contributed by atoms with E-state index >= 15 is 0 Å². The number of hydrogen-bond acceptors (Lipinski definition) is 3. The summed E-state index contributed by atoms with van der Waals surface area (Å²) in [6, 6.07) is 4.01. The van der Waals surface area contributed by atoms with Crippen LogP contribution in [0.1, 0.15) is 33.1 Å². The second-order valence-corrected chi connectivity index (χ2v) is 5.62. The Morgan fingerprint density at radius 2 is 2.12 bits per heavy atom. The van der Waals surface area contributed by atoms with Crippen molar-refractivity contribution in [1.29, 1.82) is 10.5 Å². The average molecular weight is 228 g/mol. The fourth-order valence-corrected chi connectivity index (χ4v) is 3.79. The van der Waals surface area contributed by atoms with Gasteiger partial charge >= 0.3 is 0 Å². The number of rotatable bonds is 1. The predicted octanol–water partition coefficient (Wildman–Crippen LogP) is 2.60. The predicted molar refractivity (Wildman–Crippen MR) is 62.4 cm³/mol. The van der Waals surface area contributed by atoms with E-state index in [9.17, 15) is 4.79 Å². The van der Waals surface area contributed by atoms with Crippen LogP contribution in [0.25, 0.3) is 0 Å². The van der Waals surface area contributed by atoms with Crippen molar-refractivity contribution >= 4 is 6.29 Å². The van der Waals surface area contributed by atoms with Crippen LogP contribution in [0.15, 0.2) is 11.1 Å². The molecule has 0 radical (unpaired) electrons. The second-order valence-electron chi connectivity index (χ2n) is 5.62. The lowest BCUT2D eigenvalue weighted by Crippen LogP contribution is -2.47. The summed E-state index contributed by atoms with van der Waals surface area (Å²) in [5.74, 6) is 0.580. The fourth-order valence-electron chi connectivity index (χ4n) is 3.79. The van der Waals surface area contributed by atoms with E-state index in [2.05, 4.69) is 13.8 Å². The van der Waals surface area contributed by atoms with Gasteiger partial charge in [0.1, 0.15) is 24.0 Å². The van der Waals surface area contributed by atoms with Crippen LogP contribution in [0, 0.1) is 45.8 Å². The van der Waals surface area contributed by atoms with E-state index in [0.29, 0.717) is 0 Å². The zero-order chi connectivity index (χ0) is 12.6. The molecule has 3 aliphatic rings. The van der Waals surface area contributed by atoms with Crippen LogP contribution in [-0.2, 0) is 4.79 Å². The molecule has 3 nitrogen and oxygen atoms in total. The molecular formula is C14H16N2O. The Kier molecular flexibility index (Phi) is 2.79. The SMILES string of the molecule is CC1C2CCC(C)(CC2=C(C#N)C#N)C1C=O. The van der Waals surface area contributed by atoms with Crippen LogP contribution in [0.4, 0.5) is 0 Å². The molecule has 3 saturated carbocycles. The first kappa shape index (κ1) is 11.9. The van der Waals surface area contributed by atoms with Crippen LogP contribution >= 0.6 is 0 Å². The van der Waals surface area contributed by atoms with E-state index in [1.807, 2.05) is 12.1 Å². The maximum Gasteiger partial charge on any atom is 0.129 e. The maximum atomic E-state index is 11.2. The third-order valence-electron chi connectivity index (χ3n) is 4.77. The molecule has 4 atom stereocenters. The number of nitrogens with zero attached hydrogens (tertiary/aromatic N) is 2. The summed E-state index contributed by atoms with van der Waals surface area (Å²) >= 11 is 0. The highest BCUT2D eigenvalue weighted by Crippen LogP contribution is 2.58. The Hall–Kier alpha value is -1.61. The Labute approximate surface area is 102 Å². The van der Waals surface area contributed by atoms with Crippen molar-refractivity contribution in [1.82, 2.24) is 0 Å². The molecule has 0 spiro atoms. The van der Waals surface area contributed by atoms with Crippen LogP contribution < -0.4 is 0 Å². The van der Waals surface area contributed by atoms with E-state index in [-0.39, 0.29) is 28.7 Å². The minimum Gasteiger partial charge on any atom is -0.303 e. The summed E-state index contributed by atoms with van der Waals surface area (Å²) in [6.07, 6.45) is 3.84. The normalized spacial score (nSPS) is 39.3. The highest BCUT2D eigenvalue weighted by atomic mass is 16.1. The molecule has 3 heteroatoms. The van der Waals surface area contributed by atoms with Crippen molar-refractivity contribution in [2.75, 3.05) is 0 Å². The highest BCUT2D eigenvalue weighted by Gasteiger charge is 2.51. The number of aldehydes is 1. The second kappa shape index (κ2) is 4.00. The molecule has 3 fully saturated rings. The van der Waals surface area contributed by atoms with Gasteiger partial charge in [-0.15, -0.1) is 0 Å². The van der Waals surface area contributed by atoms with Crippen molar-refractivity contribution in [3.05, 3.63) is 11.1 Å². The van der Waals surface area contributed by atoms with Gasteiger partial charge in [-0.05, 0) is 42.1 Å². The van der Waals surface area contributed by atoms with Gasteiger partial charge in [-0.25, -0.2) is 0 Å². The zero-order valence-corrected chi connectivity index (χ0v) is 10.2. The van der Waals surface area contributed by atoms with Gasteiger partial charge in [-0.2, -0.15) is 10.5 Å². The first-order valence-electron chi connectivity index (χ1n) is 6.06. The summed E-state index contributed by atoms with van der Waals surface area (Å²) in [6.45, 7) is 4.19. The molecule has 3 aliphatic carbocycles. The Bertz CT molecular complexity index is 450. The molecule has 0 aliphatic heterocycles. The Morgan fingerprint density at radius 1 is 1.47 bits per heavy atom. The first-order valence-corrected chi connectivity index (χ1v) is 6.06. The van der Waals surface area contributed by atoms with E-state index in [1.165, 1.54) is 0 Å². The van der Waals surface area contributed by atoms with E-state index in [0.717, 1.165) is 31.1 Å². The van der Waals surface area contributed by atoms with Crippen molar-refractivity contribution in [2.24, 2.45) is 23.2 Å². The van der Waals surface area contributed by atoms with Crippen LogP contribution in [0.3, 0.4) is 0 Å². The standard InChI is InChI=1S/C14H16N2O/c1-9-11-3-4-14(2,13(9)8-17)5-12(11)10(6-15)7-16/h8-9,11,13H,3-5H2,1-2H3. The average Bonchev–Trinajstić information content (AvgIpc) is 2.30. The number of nitriles is 2. The molecular weight excluding hydrogens is 212 g/mol. The van der Waals surface area contributed by atoms with E-state index in [4.69, 9.17) is 10.5 Å². The van der Waals surface area contributed by atoms with Gasteiger partial charge < -0.3 is 4.79 Å². The third-order valence-corrected chi connectivity index (χ3v) is 4.77. The number of fused-ring (bicyclic) bond motifs is 3. The number of carbonyl (C=O) groups is 1. The first-order chi connectivity index (χ1) is 8.07. The van der Waals surface area contributed by atoms with Crippen LogP contribution in [-0.4, -0.2) is 6.29 Å². The molecule has 88 valence electrons. The third kappa shape index (κ3) is 1.58. The van der Waals surface area contributed by atoms with Gasteiger partial charge in [0.2, 0.25) is 0 Å². The maximum absolute atomic E-state index is 11.2. The molecule has 0 saturated heterocycles. The molecule has 0 amide bonds. The lowest BCUT2D eigenvalue weighted by Gasteiger charge is -2.53. The van der Waals surface area contributed by atoms with Crippen molar-refractivity contribution in [2.45, 2.75) is 33.1 Å². The minimum atomic E-state index is -0.0514. The van der Waals surface area contributed by atoms with Crippen molar-refractivity contribution < 1.29 is 4.79 Å². The Balaban J connectivity index is 2.49. The highest BCUT2D eigenvalue weighted by molar-refractivity contribution is 5.58. The monoisotopic (exact) mass is 228 g/mol. The molecule has 4 unspecified atom stereocenters. The van der Waals surface area contributed by atoms with E-state index < -0.39 is 0 Å². The Morgan fingerprint density at radius 3 is 2.59 bits per heavy atom. The van der Waals surface area contributed by atoms with Gasteiger partial charge in [-0.3, -0.25) is 0 Å². The molecule has 0 aromatic rings. The molecule has 2 bridgehead atoms. The summed E-state index contributed by atoms with van der Waals surface area (Å²) < 4.78 is 0. The largest absolute Gasteiger partial charge is 0.303 e. The molecule has 0 aromatic carbocycles. The van der Waals surface area contributed by atoms with Gasteiger partial charge in [-0.1, -0.05) is 13.8 Å². The summed E-state index contributed by atoms with van der Waals surface area (Å²) in [4.78, 5) is 11.2. The van der Waals surface area contributed by atoms with Crippen molar-refractivity contribution in [3.8, 4) is 12.1 Å². The number of hydrogen-bond donors (Lipinski definition) is 0. The smallest absolute Gasteiger partial charge is 0.129 e. The summed E-state index contributed by atoms with van der Waals surface area (Å²) in [5, 5.41) is 18.0. The molecule has 0 N–H and O–H groups in total. The quantitative estimate of drug-likeness (QED) is 0.512. The molecule has 0 heterocycles. The van der Waals surface area contributed by atoms with Crippen LogP contribution in [0.5, 0.6) is 0 Å². The topological polar surface area (TPSA) is 64.7 Å². The van der Waals surface area contributed by atoms with Gasteiger partial charge in [0, 0.05) is 5.92 Å². The summed E-state index contributed by atoms with van der Waals surface area (Å²) in [5.41, 5.74) is 1.22. The zero-order valence-electron chi connectivity index (χ0n) is 10.2. The van der Waals surface area contributed by atoms with Gasteiger partial charge in [0.15, 0.2) is 0 Å². The van der Waals surface area contributed by atoms with E-state index in [1.54, 1.807) is 0 Å². The number of allylic oxidation sites excluding steroid dienone is 2. The minimum absolute atomic E-state index is 0.0514. The van der Waals surface area contributed by atoms with Crippen LogP contribution in [0.2, 0.25) is 0 Å². The summed E-state index contributed by atoms with van der Waals surface area (Å²) in [7, 11) is 0. The van der Waals surface area contributed by atoms with Crippen molar-refractivity contribution in [3.63, 3.8) is 0 Å². The van der Waals surface area contributed by atoms with Gasteiger partial charge in [0.05, 0.1) is 0 Å². The lowest BCUT2D eigenvalue weighted by molar-refractivity contribution is -0.122. The molecule has 3 rings (SSSR count). The number of carbonyl (C=O) groups excluding carboxylic acids is 1. The molecule has 0 aromatic heterocycles. The van der Waals surface area contributed by atoms with Gasteiger partial charge in [0.25, 0.3) is 0 Å². The molecule has 17 heavy (non-hydrogen) atoms. The fraction of sp³-hybridized carbons (Fsp3) is 0.643. The lowest BCUT2D eigenvalue weighted by atomic mass is 9.50.